The van der Waals surface area contributed by atoms with Crippen LogP contribution in [-0.4, -0.2) is 47.8 Å². The minimum absolute atomic E-state index is 0.0145. The van der Waals surface area contributed by atoms with Crippen LogP contribution in [0.3, 0.4) is 0 Å². The fourth-order valence-electron chi connectivity index (χ4n) is 2.21. The number of carbonyl (C=O) groups excluding carboxylic acids is 2. The van der Waals surface area contributed by atoms with Crippen LogP contribution in [0.4, 0.5) is 0 Å². The second-order valence-electron chi connectivity index (χ2n) is 5.39. The lowest BCUT2D eigenvalue weighted by Gasteiger charge is -2.27. The van der Waals surface area contributed by atoms with Crippen molar-refractivity contribution in [1.29, 1.82) is 0 Å². The number of carbonyl (C=O) groups is 2. The third-order valence-electron chi connectivity index (χ3n) is 3.95. The Bertz CT molecular complexity index is 317. The Hall–Kier alpha value is -0.980. The van der Waals surface area contributed by atoms with Gasteiger partial charge in [-0.25, -0.2) is 0 Å². The first-order valence-corrected chi connectivity index (χ1v) is 7.59. The van der Waals surface area contributed by atoms with E-state index < -0.39 is 17.9 Å². The van der Waals surface area contributed by atoms with Gasteiger partial charge in [0.2, 0.25) is 0 Å². The van der Waals surface area contributed by atoms with Crippen molar-refractivity contribution in [2.45, 2.75) is 46.1 Å². The van der Waals surface area contributed by atoms with Crippen LogP contribution in [0.1, 0.15) is 40.0 Å². The average Bonchev–Trinajstić information content (AvgIpc) is 2.49. The molecule has 6 nitrogen and oxygen atoms in total. The summed E-state index contributed by atoms with van der Waals surface area (Å²) in [7, 11) is 0. The second-order valence-corrected chi connectivity index (χ2v) is 5.39. The van der Waals surface area contributed by atoms with E-state index in [1.165, 1.54) is 0 Å². The molecule has 0 aromatic carbocycles. The number of esters is 1. The zero-order chi connectivity index (χ0) is 16.4. The number of ketones is 1. The highest BCUT2D eigenvalue weighted by molar-refractivity contribution is 5.87. The van der Waals surface area contributed by atoms with E-state index in [0.717, 1.165) is 6.42 Å². The highest BCUT2D eigenvalue weighted by Crippen LogP contribution is 2.23. The van der Waals surface area contributed by atoms with Crippen molar-refractivity contribution >= 4 is 11.8 Å². The van der Waals surface area contributed by atoms with Crippen LogP contribution in [0.15, 0.2) is 0 Å². The summed E-state index contributed by atoms with van der Waals surface area (Å²) in [6.45, 7) is 5.20. The number of Topliss-reactive ketones (excluding diaryl/α,β-unsaturated/α-hetero) is 1. The molecule has 3 atom stereocenters. The third-order valence-corrected chi connectivity index (χ3v) is 3.95. The van der Waals surface area contributed by atoms with Gasteiger partial charge in [0.15, 0.2) is 5.78 Å². The highest BCUT2D eigenvalue weighted by Gasteiger charge is 2.33. The number of ether oxygens (including phenoxy) is 1. The van der Waals surface area contributed by atoms with Gasteiger partial charge in [0.1, 0.15) is 0 Å². The van der Waals surface area contributed by atoms with E-state index >= 15 is 0 Å². The fourth-order valence-corrected chi connectivity index (χ4v) is 2.21. The van der Waals surface area contributed by atoms with Gasteiger partial charge in [-0.3, -0.25) is 9.59 Å². The molecular formula is C15H29NO5. The van der Waals surface area contributed by atoms with Crippen molar-refractivity contribution < 1.29 is 24.5 Å². The molecule has 124 valence electrons. The van der Waals surface area contributed by atoms with Crippen molar-refractivity contribution in [3.8, 4) is 0 Å². The topological polar surface area (TPSA) is 110 Å². The molecule has 0 radical (unpaired) electrons. The zero-order valence-electron chi connectivity index (χ0n) is 13.2. The van der Waals surface area contributed by atoms with Gasteiger partial charge in [0, 0.05) is 31.5 Å². The summed E-state index contributed by atoms with van der Waals surface area (Å²) < 4.78 is 4.84. The largest absolute Gasteiger partial charge is 0.466 e. The molecule has 0 heterocycles. The van der Waals surface area contributed by atoms with E-state index in [1.54, 1.807) is 6.92 Å². The monoisotopic (exact) mass is 303 g/mol. The summed E-state index contributed by atoms with van der Waals surface area (Å²) in [6.07, 6.45) is 1.07. The smallest absolute Gasteiger partial charge is 0.305 e. The minimum atomic E-state index is -0.650. The first-order valence-electron chi connectivity index (χ1n) is 7.59. The molecule has 0 bridgehead atoms. The van der Waals surface area contributed by atoms with Crippen LogP contribution in [0, 0.1) is 17.8 Å². The van der Waals surface area contributed by atoms with E-state index in [2.05, 4.69) is 0 Å². The van der Waals surface area contributed by atoms with Crippen LogP contribution in [0.5, 0.6) is 0 Å². The Balaban J connectivity index is 4.88. The van der Waals surface area contributed by atoms with Crippen LogP contribution in [-0.2, 0) is 14.3 Å². The van der Waals surface area contributed by atoms with Crippen molar-refractivity contribution in [1.82, 2.24) is 0 Å². The van der Waals surface area contributed by atoms with Crippen LogP contribution in [0.25, 0.3) is 0 Å². The van der Waals surface area contributed by atoms with Crippen LogP contribution in [0.2, 0.25) is 0 Å². The van der Waals surface area contributed by atoms with Gasteiger partial charge in [-0.15, -0.1) is 0 Å². The Morgan fingerprint density at radius 2 is 1.76 bits per heavy atom. The van der Waals surface area contributed by atoms with Crippen molar-refractivity contribution in [3.63, 3.8) is 0 Å². The zero-order valence-corrected chi connectivity index (χ0v) is 13.2. The predicted octanol–water partition coefficient (Wildman–Crippen LogP) is 0.489. The van der Waals surface area contributed by atoms with Crippen molar-refractivity contribution in [2.24, 2.45) is 23.5 Å². The molecule has 0 aliphatic heterocycles. The van der Waals surface area contributed by atoms with Gasteiger partial charge in [-0.05, 0) is 19.3 Å². The van der Waals surface area contributed by atoms with E-state index in [1.807, 2.05) is 13.8 Å². The maximum Gasteiger partial charge on any atom is 0.305 e. The summed E-state index contributed by atoms with van der Waals surface area (Å²) in [5.74, 6) is -1.81. The van der Waals surface area contributed by atoms with Crippen LogP contribution >= 0.6 is 0 Å². The van der Waals surface area contributed by atoms with Gasteiger partial charge in [-0.2, -0.15) is 0 Å². The maximum absolute atomic E-state index is 12.5. The number of nitrogens with two attached hydrogens (primary N) is 1. The molecule has 0 aromatic rings. The molecule has 0 fully saturated rings. The molecule has 0 amide bonds. The van der Waals surface area contributed by atoms with Crippen molar-refractivity contribution in [3.05, 3.63) is 0 Å². The minimum Gasteiger partial charge on any atom is -0.466 e. The molecule has 0 aliphatic carbocycles. The molecule has 0 rings (SSSR count). The van der Waals surface area contributed by atoms with Gasteiger partial charge >= 0.3 is 5.97 Å². The molecule has 0 aromatic heterocycles. The molecule has 0 aliphatic rings. The summed E-state index contributed by atoms with van der Waals surface area (Å²) in [4.78, 5) is 23.9. The number of hydrogen-bond acceptors (Lipinski definition) is 6. The Morgan fingerprint density at radius 3 is 2.19 bits per heavy atom. The predicted molar refractivity (Wildman–Crippen MR) is 79.5 cm³/mol. The Morgan fingerprint density at radius 1 is 1.19 bits per heavy atom. The number of aliphatic hydroxyl groups excluding tert-OH is 2. The standard InChI is InChI=1S/C15H29NO5/c1-4-10(3)14(16)15(20)12(11(8-17)9-18)6-7-13(19)21-5-2/h10-12,14,17-18H,4-9,16H2,1-3H3/t10-,12?,14-/m0/s1. The molecule has 0 spiro atoms. The SMILES string of the molecule is CCOC(=O)CCC(C(=O)[C@@H](N)[C@@H](C)CC)C(CO)CO. The lowest BCUT2D eigenvalue weighted by atomic mass is 9.80. The van der Waals surface area contributed by atoms with E-state index in [9.17, 15) is 19.8 Å². The second kappa shape index (κ2) is 10.7. The first kappa shape index (κ1) is 20.0. The maximum atomic E-state index is 12.5. The normalized spacial score (nSPS) is 15.6. The van der Waals surface area contributed by atoms with Gasteiger partial charge in [0.25, 0.3) is 0 Å². The first-order chi connectivity index (χ1) is 9.92. The third kappa shape index (κ3) is 6.54. The molecule has 0 saturated heterocycles. The van der Waals surface area contributed by atoms with Gasteiger partial charge in [-0.1, -0.05) is 20.3 Å². The lowest BCUT2D eigenvalue weighted by Crippen LogP contribution is -2.44. The molecular weight excluding hydrogens is 274 g/mol. The number of rotatable bonds is 11. The summed E-state index contributed by atoms with van der Waals surface area (Å²) in [5.41, 5.74) is 5.96. The quantitative estimate of drug-likeness (QED) is 0.479. The van der Waals surface area contributed by atoms with Crippen molar-refractivity contribution in [2.75, 3.05) is 19.8 Å². The molecule has 4 N–H and O–H groups in total. The van der Waals surface area contributed by atoms with E-state index in [-0.39, 0.29) is 50.3 Å². The Labute approximate surface area is 126 Å². The highest BCUT2D eigenvalue weighted by atomic mass is 16.5. The summed E-state index contributed by atoms with van der Waals surface area (Å²) in [6, 6.07) is -0.650. The van der Waals surface area contributed by atoms with Gasteiger partial charge in [0.05, 0.1) is 12.6 Å². The average molecular weight is 303 g/mol. The number of aliphatic hydroxyl groups is 2. The van der Waals surface area contributed by atoms with E-state index in [4.69, 9.17) is 10.5 Å². The Kier molecular flexibility index (Phi) is 10.2. The van der Waals surface area contributed by atoms with Gasteiger partial charge < -0.3 is 20.7 Å². The summed E-state index contributed by atoms with van der Waals surface area (Å²) >= 11 is 0. The van der Waals surface area contributed by atoms with E-state index in [0.29, 0.717) is 0 Å². The molecule has 21 heavy (non-hydrogen) atoms. The lowest BCUT2D eigenvalue weighted by molar-refractivity contribution is -0.144. The molecule has 0 saturated carbocycles. The van der Waals surface area contributed by atoms with Crippen LogP contribution < -0.4 is 5.73 Å². The fraction of sp³-hybridized carbons (Fsp3) is 0.867. The molecule has 1 unspecified atom stereocenters. The summed E-state index contributed by atoms with van der Waals surface area (Å²) in [5, 5.41) is 18.6. The molecule has 6 heteroatoms. The number of hydrogen-bond donors (Lipinski definition) is 3.